The Balaban J connectivity index is 1.15. The lowest BCUT2D eigenvalue weighted by Gasteiger charge is -2.48. The van der Waals surface area contributed by atoms with Crippen LogP contribution in [-0.2, 0) is 21.7 Å². The Bertz CT molecular complexity index is 2750. The first-order valence-corrected chi connectivity index (χ1v) is 29.6. The highest BCUT2D eigenvalue weighted by Gasteiger charge is 2.67. The number of hydrogen-bond acceptors (Lipinski definition) is 2. The molecule has 6 aromatic rings. The molecule has 0 aromatic heterocycles. The number of anilines is 6. The fourth-order valence-electron chi connectivity index (χ4n) is 16.4. The number of fused-ring (bicyclic) bond motifs is 3. The maximum atomic E-state index is 2.77. The van der Waals surface area contributed by atoms with Crippen molar-refractivity contribution >= 4 is 34.1 Å². The molecular weight excluding hydrogens is 893 g/mol. The predicted octanol–water partition coefficient (Wildman–Crippen LogP) is 21.0. The van der Waals surface area contributed by atoms with E-state index in [9.17, 15) is 0 Å². The lowest BCUT2D eigenvalue weighted by atomic mass is 9.55. The van der Waals surface area contributed by atoms with E-state index in [0.29, 0.717) is 0 Å². The first kappa shape index (κ1) is 51.0. The van der Waals surface area contributed by atoms with Crippen molar-refractivity contribution in [3.8, 4) is 11.1 Å². The van der Waals surface area contributed by atoms with Crippen LogP contribution in [0.3, 0.4) is 0 Å². The van der Waals surface area contributed by atoms with E-state index in [0.717, 1.165) is 23.7 Å². The van der Waals surface area contributed by atoms with Crippen LogP contribution in [0.15, 0.2) is 109 Å². The number of rotatable bonds is 10. The molecule has 0 heterocycles. The lowest BCUT2D eigenvalue weighted by molar-refractivity contribution is 0.253. The Morgan fingerprint density at radius 2 is 0.689 bits per heavy atom. The fraction of sp³-hybridized carbons (Fsp3) is 0.500. The van der Waals surface area contributed by atoms with Crippen LogP contribution < -0.4 is 9.80 Å². The van der Waals surface area contributed by atoms with Crippen molar-refractivity contribution in [3.05, 3.63) is 165 Å². The second-order valence-electron chi connectivity index (χ2n) is 27.4. The molecule has 4 fully saturated rings. The van der Waals surface area contributed by atoms with Gasteiger partial charge in [-0.25, -0.2) is 0 Å². The minimum atomic E-state index is 0.0661. The van der Waals surface area contributed by atoms with Crippen molar-refractivity contribution in [2.24, 2.45) is 23.7 Å². The molecule has 2 nitrogen and oxygen atoms in total. The average Bonchev–Trinajstić information content (AvgIpc) is 3.90. The first-order valence-electron chi connectivity index (χ1n) is 29.6. The molecule has 0 spiro atoms. The molecular formula is C72H90N2. The molecule has 0 bridgehead atoms. The quantitative estimate of drug-likeness (QED) is 0.135. The van der Waals surface area contributed by atoms with Crippen LogP contribution >= 0.6 is 0 Å². The van der Waals surface area contributed by atoms with Gasteiger partial charge < -0.3 is 9.80 Å². The van der Waals surface area contributed by atoms with Crippen LogP contribution in [0.4, 0.5) is 34.1 Å². The summed E-state index contributed by atoms with van der Waals surface area (Å²) in [5.41, 5.74) is 25.1. The Morgan fingerprint density at radius 1 is 0.378 bits per heavy atom. The van der Waals surface area contributed by atoms with Gasteiger partial charge in [-0.2, -0.15) is 0 Å². The molecule has 5 aliphatic carbocycles. The molecule has 0 N–H and O–H groups in total. The summed E-state index contributed by atoms with van der Waals surface area (Å²) in [6.45, 7) is 28.0. The van der Waals surface area contributed by atoms with Gasteiger partial charge in [0.1, 0.15) is 0 Å². The van der Waals surface area contributed by atoms with Crippen molar-refractivity contribution in [1.82, 2.24) is 0 Å². The van der Waals surface area contributed by atoms with E-state index in [1.165, 1.54) is 192 Å². The highest BCUT2D eigenvalue weighted by Crippen LogP contribution is 2.73. The van der Waals surface area contributed by atoms with Crippen LogP contribution in [-0.4, -0.2) is 0 Å². The van der Waals surface area contributed by atoms with E-state index >= 15 is 0 Å². The topological polar surface area (TPSA) is 6.48 Å². The van der Waals surface area contributed by atoms with Gasteiger partial charge in [0.25, 0.3) is 0 Å². The van der Waals surface area contributed by atoms with Crippen molar-refractivity contribution in [3.63, 3.8) is 0 Å². The van der Waals surface area contributed by atoms with Gasteiger partial charge in [-0.15, -0.1) is 0 Å². The first-order chi connectivity index (χ1) is 35.3. The van der Waals surface area contributed by atoms with Gasteiger partial charge in [0, 0.05) is 33.6 Å². The molecule has 0 unspecified atom stereocenters. The molecule has 5 aliphatic rings. The summed E-state index contributed by atoms with van der Waals surface area (Å²) < 4.78 is 0. The van der Waals surface area contributed by atoms with Crippen LogP contribution in [0.1, 0.15) is 200 Å². The van der Waals surface area contributed by atoms with E-state index in [1.54, 1.807) is 11.1 Å². The molecule has 0 saturated heterocycles. The second kappa shape index (κ2) is 19.5. The van der Waals surface area contributed by atoms with Gasteiger partial charge in [0.15, 0.2) is 0 Å². The summed E-state index contributed by atoms with van der Waals surface area (Å²) in [5.74, 6) is 3.19. The smallest absolute Gasteiger partial charge is 0.0520 e. The summed E-state index contributed by atoms with van der Waals surface area (Å²) in [5, 5.41) is 0. The zero-order valence-corrected chi connectivity index (χ0v) is 47.9. The number of benzene rings is 6. The summed E-state index contributed by atoms with van der Waals surface area (Å²) in [6, 6.07) is 44.4. The monoisotopic (exact) mass is 983 g/mol. The third kappa shape index (κ3) is 9.19. The van der Waals surface area contributed by atoms with Crippen LogP contribution in [0.25, 0.3) is 11.1 Å². The maximum absolute atomic E-state index is 2.77. The van der Waals surface area contributed by atoms with E-state index in [2.05, 4.69) is 202 Å². The number of hydrogen-bond donors (Lipinski definition) is 0. The Kier molecular flexibility index (Phi) is 13.4. The predicted molar refractivity (Wildman–Crippen MR) is 318 cm³/mol. The molecule has 6 aromatic carbocycles. The highest BCUT2D eigenvalue weighted by atomic mass is 15.2. The molecule has 11 rings (SSSR count). The van der Waals surface area contributed by atoms with Gasteiger partial charge in [0.05, 0.1) is 11.4 Å². The Morgan fingerprint density at radius 3 is 1.00 bits per heavy atom. The summed E-state index contributed by atoms with van der Waals surface area (Å²) >= 11 is 0. The lowest BCUT2D eigenvalue weighted by Crippen LogP contribution is -2.43. The maximum Gasteiger partial charge on any atom is 0.0520 e. The van der Waals surface area contributed by atoms with Crippen LogP contribution in [0.5, 0.6) is 0 Å². The molecule has 0 radical (unpaired) electrons. The van der Waals surface area contributed by atoms with Gasteiger partial charge in [0.2, 0.25) is 0 Å². The highest BCUT2D eigenvalue weighted by molar-refractivity contribution is 5.89. The van der Waals surface area contributed by atoms with Gasteiger partial charge in [-0.3, -0.25) is 0 Å². The fourth-order valence-corrected chi connectivity index (χ4v) is 16.4. The molecule has 74 heavy (non-hydrogen) atoms. The summed E-state index contributed by atoms with van der Waals surface area (Å²) in [4.78, 5) is 5.29. The van der Waals surface area contributed by atoms with Crippen LogP contribution in [0.2, 0.25) is 0 Å². The van der Waals surface area contributed by atoms with E-state index in [1.807, 2.05) is 0 Å². The van der Waals surface area contributed by atoms with Crippen molar-refractivity contribution < 1.29 is 0 Å². The summed E-state index contributed by atoms with van der Waals surface area (Å²) in [6.07, 6.45) is 22.3. The average molecular weight is 984 g/mol. The number of aryl methyl sites for hydroxylation is 6. The Hall–Kier alpha value is -5.08. The summed E-state index contributed by atoms with van der Waals surface area (Å²) in [7, 11) is 0. The third-order valence-electron chi connectivity index (χ3n) is 19.8. The van der Waals surface area contributed by atoms with E-state index < -0.39 is 0 Å². The zero-order valence-electron chi connectivity index (χ0n) is 47.9. The molecule has 0 atom stereocenters. The standard InChI is InChI=1S/C72H90N2/c1-47-23-27-59(28-24-47)73(67-49(3)35-57(36-50(67)4)69(7,8)9)61-31-33-63-64-34-32-62(74(60-29-25-48(2)26-30-60)68-51(5)37-58(38-52(68)6)70(10,11)12)42-66(64)72-45-55(39-53-19-15-13-16-20-53)43-71(72,65(63)41-61)44-56(46-72)40-54-21-17-14-18-22-54/h23-38,41-42,53-56H,13-22,39-40,43-46H2,1-12H3/t55?,56?,71-,72+. The van der Waals surface area contributed by atoms with Gasteiger partial charge in [-0.1, -0.05) is 178 Å². The van der Waals surface area contributed by atoms with Crippen LogP contribution in [0, 0.1) is 65.2 Å². The molecule has 388 valence electrons. The van der Waals surface area contributed by atoms with Crippen molar-refractivity contribution in [2.45, 2.75) is 207 Å². The SMILES string of the molecule is Cc1ccc(N(c2ccc3c(c2)[C@]24CC(CC5CCCCC5)C[C@]2(CC(CC2CCCCC2)C4)c2cc(N(c4ccc(C)cc4)c4c(C)cc(C(C)(C)C)cc4C)ccc2-3)c2c(C)cc(C(C)(C)C)cc2C)cc1. The second-order valence-corrected chi connectivity index (χ2v) is 27.4. The zero-order chi connectivity index (χ0) is 51.9. The van der Waals surface area contributed by atoms with Crippen molar-refractivity contribution in [1.29, 1.82) is 0 Å². The molecule has 2 heteroatoms. The minimum Gasteiger partial charge on any atom is -0.310 e. The van der Waals surface area contributed by atoms with Crippen molar-refractivity contribution in [2.75, 3.05) is 9.80 Å². The van der Waals surface area contributed by atoms with Gasteiger partial charge in [-0.05, 0) is 219 Å². The Labute approximate surface area is 448 Å². The van der Waals surface area contributed by atoms with E-state index in [4.69, 9.17) is 0 Å². The third-order valence-corrected chi connectivity index (χ3v) is 19.8. The normalized spacial score (nSPS) is 23.0. The largest absolute Gasteiger partial charge is 0.310 e. The molecule has 0 amide bonds. The van der Waals surface area contributed by atoms with Gasteiger partial charge >= 0.3 is 0 Å². The molecule has 0 aliphatic heterocycles. The van der Waals surface area contributed by atoms with E-state index in [-0.39, 0.29) is 21.7 Å². The minimum absolute atomic E-state index is 0.0661. The number of nitrogens with zero attached hydrogens (tertiary/aromatic N) is 2. The molecule has 4 saturated carbocycles.